The van der Waals surface area contributed by atoms with Crippen LogP contribution in [-0.4, -0.2) is 56.6 Å². The van der Waals surface area contributed by atoms with E-state index in [1.54, 1.807) is 12.1 Å². The normalized spacial score (nSPS) is 19.7. The molecular formula is C22H27FN4O. The van der Waals surface area contributed by atoms with Crippen LogP contribution in [0.4, 0.5) is 21.5 Å². The van der Waals surface area contributed by atoms with Crippen molar-refractivity contribution in [2.45, 2.75) is 18.9 Å². The molecule has 0 saturated carbocycles. The number of amides is 1. The largest absolute Gasteiger partial charge is 0.338 e. The molecule has 2 aromatic carbocycles. The molecule has 0 radical (unpaired) electrons. The lowest BCUT2D eigenvalue weighted by Gasteiger charge is -2.38. The predicted molar refractivity (Wildman–Crippen MR) is 111 cm³/mol. The number of anilines is 3. The predicted octanol–water partition coefficient (Wildman–Crippen LogP) is 2.99. The molecule has 0 spiro atoms. The van der Waals surface area contributed by atoms with Gasteiger partial charge < -0.3 is 20.0 Å². The Morgan fingerprint density at radius 3 is 2.54 bits per heavy atom. The third kappa shape index (κ3) is 4.03. The third-order valence-corrected chi connectivity index (χ3v) is 5.61. The Morgan fingerprint density at radius 2 is 1.82 bits per heavy atom. The van der Waals surface area contributed by atoms with Crippen molar-refractivity contribution in [3.05, 3.63) is 54.3 Å². The van der Waals surface area contributed by atoms with Gasteiger partial charge in [-0.3, -0.25) is 4.79 Å². The van der Waals surface area contributed by atoms with Crippen molar-refractivity contribution >= 4 is 23.0 Å². The molecule has 1 saturated heterocycles. The summed E-state index contributed by atoms with van der Waals surface area (Å²) < 4.78 is 13.3. The molecule has 0 unspecified atom stereocenters. The van der Waals surface area contributed by atoms with Gasteiger partial charge in [0, 0.05) is 44.3 Å². The lowest BCUT2D eigenvalue weighted by molar-refractivity contribution is -0.118. The molecule has 6 heteroatoms. The maximum Gasteiger partial charge on any atom is 0.228 e. The molecule has 5 nitrogen and oxygen atoms in total. The molecule has 0 aromatic heterocycles. The zero-order valence-corrected chi connectivity index (χ0v) is 16.3. The number of likely N-dealkylation sites (tertiary alicyclic amines) is 1. The first-order chi connectivity index (χ1) is 13.6. The lowest BCUT2D eigenvalue weighted by atomic mass is 10.1. The van der Waals surface area contributed by atoms with Gasteiger partial charge in [-0.25, -0.2) is 4.39 Å². The Balaban J connectivity index is 1.44. The maximum atomic E-state index is 13.3. The molecule has 4 rings (SSSR count). The van der Waals surface area contributed by atoms with Crippen molar-refractivity contribution in [1.82, 2.24) is 10.2 Å². The van der Waals surface area contributed by atoms with Gasteiger partial charge in [-0.2, -0.15) is 0 Å². The average molecular weight is 382 g/mol. The summed E-state index contributed by atoms with van der Waals surface area (Å²) in [6.07, 6.45) is 1.63. The van der Waals surface area contributed by atoms with Gasteiger partial charge in [-0.15, -0.1) is 0 Å². The van der Waals surface area contributed by atoms with Crippen LogP contribution in [0.3, 0.4) is 0 Å². The van der Waals surface area contributed by atoms with E-state index in [4.69, 9.17) is 0 Å². The molecule has 2 aliphatic rings. The van der Waals surface area contributed by atoms with Crippen LogP contribution in [0.1, 0.15) is 12.8 Å². The lowest BCUT2D eigenvalue weighted by Crippen LogP contribution is -2.43. The Bertz CT molecular complexity index is 826. The molecule has 148 valence electrons. The number of fused-ring (bicyclic) bond motifs is 1. The van der Waals surface area contributed by atoms with Gasteiger partial charge in [0.2, 0.25) is 5.91 Å². The molecule has 0 bridgehead atoms. The second-order valence-corrected chi connectivity index (χ2v) is 7.61. The standard InChI is InChI=1S/C22H27FN4O/c1-25-13-11-18(16-25)24-12-10-22(28)27-15-14-26(19-8-6-17(23)7-9-19)20-4-2-3-5-21(20)27/h2-9,18,24H,10-16H2,1H3/t18-/m0/s1. The number of nitrogens with one attached hydrogen (secondary N) is 1. The smallest absolute Gasteiger partial charge is 0.228 e. The van der Waals surface area contributed by atoms with Gasteiger partial charge in [-0.05, 0) is 56.4 Å². The minimum Gasteiger partial charge on any atom is -0.338 e. The van der Waals surface area contributed by atoms with Crippen LogP contribution in [-0.2, 0) is 4.79 Å². The second kappa shape index (κ2) is 8.29. The average Bonchev–Trinajstić information content (AvgIpc) is 3.13. The van der Waals surface area contributed by atoms with E-state index >= 15 is 0 Å². The van der Waals surface area contributed by atoms with Gasteiger partial charge in [0.1, 0.15) is 5.82 Å². The summed E-state index contributed by atoms with van der Waals surface area (Å²) in [6.45, 7) is 4.18. The first-order valence-corrected chi connectivity index (χ1v) is 9.96. The summed E-state index contributed by atoms with van der Waals surface area (Å²) >= 11 is 0. The zero-order valence-electron chi connectivity index (χ0n) is 16.3. The summed E-state index contributed by atoms with van der Waals surface area (Å²) in [7, 11) is 2.13. The van der Waals surface area contributed by atoms with Crippen LogP contribution < -0.4 is 15.1 Å². The van der Waals surface area contributed by atoms with Crippen LogP contribution in [0.25, 0.3) is 0 Å². The molecular weight excluding hydrogens is 355 g/mol. The fraction of sp³-hybridized carbons (Fsp3) is 0.409. The Labute approximate surface area is 165 Å². The fourth-order valence-electron chi connectivity index (χ4n) is 4.13. The highest BCUT2D eigenvalue weighted by atomic mass is 19.1. The highest BCUT2D eigenvalue weighted by molar-refractivity contribution is 5.98. The first kappa shape index (κ1) is 18.9. The van der Waals surface area contributed by atoms with Gasteiger partial charge >= 0.3 is 0 Å². The number of para-hydroxylation sites is 2. The summed E-state index contributed by atoms with van der Waals surface area (Å²) in [4.78, 5) is 19.2. The van der Waals surface area contributed by atoms with E-state index in [0.717, 1.165) is 36.6 Å². The van der Waals surface area contributed by atoms with E-state index in [2.05, 4.69) is 22.2 Å². The van der Waals surface area contributed by atoms with Crippen molar-refractivity contribution in [3.8, 4) is 0 Å². The monoisotopic (exact) mass is 382 g/mol. The highest BCUT2D eigenvalue weighted by Crippen LogP contribution is 2.37. The van der Waals surface area contributed by atoms with E-state index < -0.39 is 0 Å². The number of rotatable bonds is 5. The van der Waals surface area contributed by atoms with Crippen LogP contribution in [0.2, 0.25) is 0 Å². The fourth-order valence-corrected chi connectivity index (χ4v) is 4.13. The van der Waals surface area contributed by atoms with Gasteiger partial charge in [-0.1, -0.05) is 12.1 Å². The van der Waals surface area contributed by atoms with Crippen LogP contribution in [0.15, 0.2) is 48.5 Å². The van der Waals surface area contributed by atoms with Crippen LogP contribution in [0.5, 0.6) is 0 Å². The van der Waals surface area contributed by atoms with E-state index in [-0.39, 0.29) is 11.7 Å². The SMILES string of the molecule is CN1CC[C@H](NCCC(=O)N2CCN(c3ccc(F)cc3)c3ccccc32)C1. The van der Waals surface area contributed by atoms with E-state index in [1.807, 2.05) is 29.2 Å². The van der Waals surface area contributed by atoms with E-state index in [1.165, 1.54) is 12.1 Å². The molecule has 1 amide bonds. The zero-order chi connectivity index (χ0) is 19.5. The number of halogens is 1. The molecule has 1 N–H and O–H groups in total. The quantitative estimate of drug-likeness (QED) is 0.863. The van der Waals surface area contributed by atoms with E-state index in [9.17, 15) is 9.18 Å². The van der Waals surface area contributed by atoms with Crippen LogP contribution in [0, 0.1) is 5.82 Å². The van der Waals surface area contributed by atoms with Crippen molar-refractivity contribution in [1.29, 1.82) is 0 Å². The number of carbonyl (C=O) groups excluding carboxylic acids is 1. The maximum absolute atomic E-state index is 13.3. The van der Waals surface area contributed by atoms with Crippen molar-refractivity contribution < 1.29 is 9.18 Å². The Hall–Kier alpha value is -2.44. The minimum atomic E-state index is -0.244. The molecule has 0 aliphatic carbocycles. The van der Waals surface area contributed by atoms with Gasteiger partial charge in [0.25, 0.3) is 0 Å². The molecule has 28 heavy (non-hydrogen) atoms. The highest BCUT2D eigenvalue weighted by Gasteiger charge is 2.27. The molecule has 1 atom stereocenters. The number of benzene rings is 2. The summed E-state index contributed by atoms with van der Waals surface area (Å²) in [5.41, 5.74) is 2.84. The first-order valence-electron chi connectivity index (χ1n) is 9.96. The van der Waals surface area contributed by atoms with Crippen molar-refractivity contribution in [2.75, 3.05) is 49.6 Å². The van der Waals surface area contributed by atoms with Gasteiger partial charge in [0.15, 0.2) is 0 Å². The molecule has 1 fully saturated rings. The summed E-state index contributed by atoms with van der Waals surface area (Å²) in [6, 6.07) is 14.9. The Kier molecular flexibility index (Phi) is 5.59. The number of hydrogen-bond donors (Lipinski definition) is 1. The minimum absolute atomic E-state index is 0.144. The van der Waals surface area contributed by atoms with E-state index in [0.29, 0.717) is 32.1 Å². The molecule has 2 heterocycles. The Morgan fingerprint density at radius 1 is 1.07 bits per heavy atom. The third-order valence-electron chi connectivity index (χ3n) is 5.61. The number of hydrogen-bond acceptors (Lipinski definition) is 4. The number of nitrogens with zero attached hydrogens (tertiary/aromatic N) is 3. The second-order valence-electron chi connectivity index (χ2n) is 7.61. The van der Waals surface area contributed by atoms with Crippen LogP contribution >= 0.6 is 0 Å². The molecule has 2 aliphatic heterocycles. The number of carbonyl (C=O) groups is 1. The van der Waals surface area contributed by atoms with Crippen molar-refractivity contribution in [3.63, 3.8) is 0 Å². The number of likely N-dealkylation sites (N-methyl/N-ethyl adjacent to an activating group) is 1. The summed E-state index contributed by atoms with van der Waals surface area (Å²) in [5, 5.41) is 3.51. The van der Waals surface area contributed by atoms with Gasteiger partial charge in [0.05, 0.1) is 11.4 Å². The van der Waals surface area contributed by atoms with Crippen molar-refractivity contribution in [2.24, 2.45) is 0 Å². The topological polar surface area (TPSA) is 38.8 Å². The summed E-state index contributed by atoms with van der Waals surface area (Å²) in [5.74, 6) is -0.100. The molecule has 2 aromatic rings.